The maximum absolute atomic E-state index is 12.4. The minimum atomic E-state index is -0.561. The Kier molecular flexibility index (Phi) is 5.07. The molecule has 8 heteroatoms. The van der Waals surface area contributed by atoms with Crippen LogP contribution in [0, 0.1) is 0 Å². The van der Waals surface area contributed by atoms with Crippen molar-refractivity contribution in [1.29, 1.82) is 0 Å². The summed E-state index contributed by atoms with van der Waals surface area (Å²) in [7, 11) is 2.85. The van der Waals surface area contributed by atoms with Crippen LogP contribution >= 0.6 is 0 Å². The van der Waals surface area contributed by atoms with E-state index in [0.29, 0.717) is 22.7 Å². The Morgan fingerprint density at radius 3 is 2.30 bits per heavy atom. The third-order valence-corrected chi connectivity index (χ3v) is 3.93. The number of aromatic nitrogens is 2. The molecule has 138 valence electrons. The SMILES string of the molecule is COC(=O)c1cnn(-c2ccc(C(=O)Nc3ccc(OC)cc3)cc2)c1N. The van der Waals surface area contributed by atoms with Crippen molar-refractivity contribution in [2.24, 2.45) is 0 Å². The van der Waals surface area contributed by atoms with Crippen LogP contribution in [-0.4, -0.2) is 35.9 Å². The van der Waals surface area contributed by atoms with Crippen molar-refractivity contribution in [1.82, 2.24) is 9.78 Å². The molecule has 0 saturated heterocycles. The highest BCUT2D eigenvalue weighted by Gasteiger charge is 2.16. The number of nitrogens with two attached hydrogens (primary N) is 1. The van der Waals surface area contributed by atoms with E-state index < -0.39 is 5.97 Å². The molecule has 0 radical (unpaired) electrons. The summed E-state index contributed by atoms with van der Waals surface area (Å²) in [6.45, 7) is 0. The summed E-state index contributed by atoms with van der Waals surface area (Å²) in [5, 5.41) is 6.90. The van der Waals surface area contributed by atoms with Crippen molar-refractivity contribution in [2.75, 3.05) is 25.3 Å². The summed E-state index contributed by atoms with van der Waals surface area (Å²) >= 11 is 0. The normalized spacial score (nSPS) is 10.3. The molecule has 1 aromatic heterocycles. The Bertz CT molecular complexity index is 962. The molecular formula is C19H18N4O4. The van der Waals surface area contributed by atoms with E-state index >= 15 is 0 Å². The molecule has 0 fully saturated rings. The molecule has 0 unspecified atom stereocenters. The number of esters is 1. The van der Waals surface area contributed by atoms with Gasteiger partial charge in [0, 0.05) is 11.3 Å². The molecule has 0 aliphatic carbocycles. The highest BCUT2D eigenvalue weighted by molar-refractivity contribution is 6.04. The first-order valence-corrected chi connectivity index (χ1v) is 8.01. The number of methoxy groups -OCH3 is 2. The number of anilines is 2. The highest BCUT2D eigenvalue weighted by atomic mass is 16.5. The molecule has 3 rings (SSSR count). The van der Waals surface area contributed by atoms with Crippen LogP contribution in [0.25, 0.3) is 5.69 Å². The van der Waals surface area contributed by atoms with Gasteiger partial charge in [-0.1, -0.05) is 0 Å². The standard InChI is InChI=1S/C19H18N4O4/c1-26-15-9-5-13(6-10-15)22-18(24)12-3-7-14(8-4-12)23-17(20)16(11-21-23)19(25)27-2/h3-11H,20H2,1-2H3,(H,22,24). The first-order valence-electron chi connectivity index (χ1n) is 8.01. The average Bonchev–Trinajstić information content (AvgIpc) is 3.09. The highest BCUT2D eigenvalue weighted by Crippen LogP contribution is 2.19. The summed E-state index contributed by atoms with van der Waals surface area (Å²) in [5.41, 5.74) is 7.86. The summed E-state index contributed by atoms with van der Waals surface area (Å²) in [6.07, 6.45) is 1.34. The molecule has 8 nitrogen and oxygen atoms in total. The fraction of sp³-hybridized carbons (Fsp3) is 0.105. The van der Waals surface area contributed by atoms with Gasteiger partial charge in [-0.25, -0.2) is 9.48 Å². The molecule has 0 saturated carbocycles. The molecule has 0 atom stereocenters. The Morgan fingerprint density at radius 2 is 1.70 bits per heavy atom. The minimum Gasteiger partial charge on any atom is -0.497 e. The van der Waals surface area contributed by atoms with Crippen LogP contribution in [0.1, 0.15) is 20.7 Å². The van der Waals surface area contributed by atoms with Crippen molar-refractivity contribution in [3.8, 4) is 11.4 Å². The van der Waals surface area contributed by atoms with Crippen LogP contribution in [0.4, 0.5) is 11.5 Å². The van der Waals surface area contributed by atoms with Crippen molar-refractivity contribution in [3.63, 3.8) is 0 Å². The first kappa shape index (κ1) is 18.0. The second-order valence-electron chi connectivity index (χ2n) is 5.58. The third-order valence-electron chi connectivity index (χ3n) is 3.93. The molecule has 0 aliphatic heterocycles. The number of nitrogens with one attached hydrogen (secondary N) is 1. The third kappa shape index (κ3) is 3.74. The van der Waals surface area contributed by atoms with Crippen molar-refractivity contribution < 1.29 is 19.1 Å². The van der Waals surface area contributed by atoms with E-state index in [1.165, 1.54) is 18.0 Å². The number of carbonyl (C=O) groups is 2. The van der Waals surface area contributed by atoms with E-state index in [9.17, 15) is 9.59 Å². The van der Waals surface area contributed by atoms with Gasteiger partial charge < -0.3 is 20.5 Å². The Balaban J connectivity index is 1.75. The van der Waals surface area contributed by atoms with Gasteiger partial charge in [-0.2, -0.15) is 5.10 Å². The van der Waals surface area contributed by atoms with Crippen molar-refractivity contribution >= 4 is 23.4 Å². The molecule has 27 heavy (non-hydrogen) atoms. The molecule has 3 aromatic rings. The van der Waals surface area contributed by atoms with E-state index in [2.05, 4.69) is 15.2 Å². The predicted molar refractivity (Wildman–Crippen MR) is 100 cm³/mol. The maximum Gasteiger partial charge on any atom is 0.343 e. The van der Waals surface area contributed by atoms with Gasteiger partial charge in [0.25, 0.3) is 5.91 Å². The van der Waals surface area contributed by atoms with Gasteiger partial charge in [0.2, 0.25) is 0 Å². The molecule has 3 N–H and O–H groups in total. The lowest BCUT2D eigenvalue weighted by molar-refractivity contribution is 0.0602. The Morgan fingerprint density at radius 1 is 1.04 bits per heavy atom. The van der Waals surface area contributed by atoms with Gasteiger partial charge in [0.1, 0.15) is 17.1 Å². The number of rotatable bonds is 5. The molecular weight excluding hydrogens is 348 g/mol. The van der Waals surface area contributed by atoms with Crippen LogP contribution in [-0.2, 0) is 4.74 Å². The number of benzene rings is 2. The van der Waals surface area contributed by atoms with Gasteiger partial charge in [0.05, 0.1) is 26.1 Å². The maximum atomic E-state index is 12.4. The van der Waals surface area contributed by atoms with Crippen LogP contribution in [0.3, 0.4) is 0 Å². The molecule has 1 heterocycles. The van der Waals surface area contributed by atoms with Crippen molar-refractivity contribution in [3.05, 3.63) is 65.9 Å². The van der Waals surface area contributed by atoms with Gasteiger partial charge >= 0.3 is 5.97 Å². The number of hydrogen-bond acceptors (Lipinski definition) is 6. The number of nitrogen functional groups attached to an aromatic ring is 1. The topological polar surface area (TPSA) is 108 Å². The van der Waals surface area contributed by atoms with E-state index in [1.54, 1.807) is 55.6 Å². The summed E-state index contributed by atoms with van der Waals surface area (Å²) in [5.74, 6) is 0.0578. The largest absolute Gasteiger partial charge is 0.497 e. The van der Waals surface area contributed by atoms with Crippen molar-refractivity contribution in [2.45, 2.75) is 0 Å². The molecule has 0 spiro atoms. The first-order chi connectivity index (χ1) is 13.0. The monoisotopic (exact) mass is 366 g/mol. The van der Waals surface area contributed by atoms with E-state index in [1.807, 2.05) is 0 Å². The van der Waals surface area contributed by atoms with Crippen LogP contribution in [0.5, 0.6) is 5.75 Å². The fourth-order valence-electron chi connectivity index (χ4n) is 2.46. The predicted octanol–water partition coefficient (Wildman–Crippen LogP) is 2.50. The number of nitrogens with zero attached hydrogens (tertiary/aromatic N) is 2. The minimum absolute atomic E-state index is 0.164. The second kappa shape index (κ2) is 7.61. The number of carbonyl (C=O) groups excluding carboxylic acids is 2. The zero-order chi connectivity index (χ0) is 19.4. The summed E-state index contributed by atoms with van der Waals surface area (Å²) in [4.78, 5) is 24.0. The quantitative estimate of drug-likeness (QED) is 0.672. The van der Waals surface area contributed by atoms with Crippen LogP contribution < -0.4 is 15.8 Å². The van der Waals surface area contributed by atoms with Gasteiger partial charge in [-0.15, -0.1) is 0 Å². The van der Waals surface area contributed by atoms with E-state index in [0.717, 1.165) is 0 Å². The smallest absolute Gasteiger partial charge is 0.343 e. The lowest BCUT2D eigenvalue weighted by Gasteiger charge is -2.08. The van der Waals surface area contributed by atoms with Gasteiger partial charge in [0.15, 0.2) is 0 Å². The van der Waals surface area contributed by atoms with Crippen LogP contribution in [0.2, 0.25) is 0 Å². The number of hydrogen-bond donors (Lipinski definition) is 2. The number of amides is 1. The Labute approximate surface area is 155 Å². The zero-order valence-electron chi connectivity index (χ0n) is 14.8. The summed E-state index contributed by atoms with van der Waals surface area (Å²) < 4.78 is 11.1. The van der Waals surface area contributed by atoms with Gasteiger partial charge in [-0.3, -0.25) is 4.79 Å². The molecule has 2 aromatic carbocycles. The number of ether oxygens (including phenoxy) is 2. The lowest BCUT2D eigenvalue weighted by atomic mass is 10.2. The molecule has 0 bridgehead atoms. The zero-order valence-corrected chi connectivity index (χ0v) is 14.8. The average molecular weight is 366 g/mol. The van der Waals surface area contributed by atoms with E-state index in [-0.39, 0.29) is 17.3 Å². The second-order valence-corrected chi connectivity index (χ2v) is 5.58. The molecule has 0 aliphatic rings. The summed E-state index contributed by atoms with van der Waals surface area (Å²) in [6, 6.07) is 13.7. The van der Waals surface area contributed by atoms with E-state index in [4.69, 9.17) is 10.5 Å². The molecule has 1 amide bonds. The Hall–Kier alpha value is -3.81. The van der Waals surface area contributed by atoms with Gasteiger partial charge in [-0.05, 0) is 48.5 Å². The lowest BCUT2D eigenvalue weighted by Crippen LogP contribution is -2.12. The fourth-order valence-corrected chi connectivity index (χ4v) is 2.46. The van der Waals surface area contributed by atoms with Crippen LogP contribution in [0.15, 0.2) is 54.7 Å².